The summed E-state index contributed by atoms with van der Waals surface area (Å²) in [5.41, 5.74) is 1.11. The summed E-state index contributed by atoms with van der Waals surface area (Å²) in [4.78, 5) is 12.7. The molecule has 0 unspecified atom stereocenters. The minimum atomic E-state index is -4.40. The lowest BCUT2D eigenvalue weighted by molar-refractivity contribution is -0.150. The summed E-state index contributed by atoms with van der Waals surface area (Å²) in [6.45, 7) is 3.02. The topological polar surface area (TPSA) is 68.5 Å². The van der Waals surface area contributed by atoms with Gasteiger partial charge in [-0.25, -0.2) is 9.97 Å². The molecule has 0 aliphatic heterocycles. The van der Waals surface area contributed by atoms with Crippen molar-refractivity contribution in [2.24, 2.45) is 13.0 Å². The Balaban J connectivity index is 2.13. The first-order valence-electron chi connectivity index (χ1n) is 7.70. The third kappa shape index (κ3) is 3.40. The molecule has 1 atom stereocenters. The standard InChI is InChI=1S/C16H17F3N6/c1-9(2)12(16(17,18)19)22-14-11-8-21-25(3)15(11)24-13(23-14)10-4-6-20-7-5-10/h4-9,12H,1-3H3,(H,22,23,24)/t12-/m1/s1. The molecule has 0 fully saturated rings. The molecule has 6 nitrogen and oxygen atoms in total. The van der Waals surface area contributed by atoms with Crippen LogP contribution in [0.5, 0.6) is 0 Å². The molecule has 0 amide bonds. The molecule has 3 rings (SSSR count). The van der Waals surface area contributed by atoms with Gasteiger partial charge in [-0.3, -0.25) is 9.67 Å². The van der Waals surface area contributed by atoms with E-state index in [-0.39, 0.29) is 5.82 Å². The molecule has 0 radical (unpaired) electrons. The number of pyridine rings is 1. The first kappa shape index (κ1) is 17.1. The Labute approximate surface area is 142 Å². The number of hydrogen-bond donors (Lipinski definition) is 1. The molecule has 1 N–H and O–H groups in total. The quantitative estimate of drug-likeness (QED) is 0.781. The van der Waals surface area contributed by atoms with Crippen LogP contribution in [0.4, 0.5) is 19.0 Å². The summed E-state index contributed by atoms with van der Waals surface area (Å²) >= 11 is 0. The lowest BCUT2D eigenvalue weighted by Gasteiger charge is -2.25. The number of alkyl halides is 3. The Hall–Kier alpha value is -2.71. The van der Waals surface area contributed by atoms with E-state index in [1.807, 2.05) is 0 Å². The van der Waals surface area contributed by atoms with Crippen molar-refractivity contribution in [3.05, 3.63) is 30.7 Å². The highest BCUT2D eigenvalue weighted by atomic mass is 19.4. The molecule has 3 heterocycles. The predicted octanol–water partition coefficient (Wildman–Crippen LogP) is 3.42. The van der Waals surface area contributed by atoms with Gasteiger partial charge in [-0.05, 0) is 18.1 Å². The Morgan fingerprint density at radius 2 is 1.80 bits per heavy atom. The lowest BCUT2D eigenvalue weighted by atomic mass is 10.0. The molecular formula is C16H17F3N6. The first-order chi connectivity index (χ1) is 11.8. The number of hydrogen-bond acceptors (Lipinski definition) is 5. The molecule has 0 spiro atoms. The molecule has 0 aliphatic rings. The zero-order chi connectivity index (χ0) is 18.2. The summed E-state index contributed by atoms with van der Waals surface area (Å²) < 4.78 is 41.6. The van der Waals surface area contributed by atoms with Crippen LogP contribution < -0.4 is 5.32 Å². The maximum absolute atomic E-state index is 13.4. The normalized spacial score (nSPS) is 13.4. The van der Waals surface area contributed by atoms with E-state index in [2.05, 4.69) is 25.4 Å². The van der Waals surface area contributed by atoms with Crippen molar-refractivity contribution in [2.45, 2.75) is 26.1 Å². The molecule has 9 heteroatoms. The summed E-state index contributed by atoms with van der Waals surface area (Å²) in [5.74, 6) is -0.238. The van der Waals surface area contributed by atoms with E-state index in [9.17, 15) is 13.2 Å². The van der Waals surface area contributed by atoms with Gasteiger partial charge in [0, 0.05) is 25.0 Å². The summed E-state index contributed by atoms with van der Waals surface area (Å²) in [7, 11) is 1.68. The van der Waals surface area contributed by atoms with E-state index in [0.29, 0.717) is 22.4 Å². The number of halogens is 3. The predicted molar refractivity (Wildman–Crippen MR) is 87.8 cm³/mol. The van der Waals surface area contributed by atoms with Gasteiger partial charge in [0.25, 0.3) is 0 Å². The van der Waals surface area contributed by atoms with Crippen molar-refractivity contribution >= 4 is 16.9 Å². The van der Waals surface area contributed by atoms with Crippen molar-refractivity contribution in [2.75, 3.05) is 5.32 Å². The Morgan fingerprint density at radius 1 is 1.12 bits per heavy atom. The Morgan fingerprint density at radius 3 is 2.40 bits per heavy atom. The van der Waals surface area contributed by atoms with E-state index in [1.165, 1.54) is 24.7 Å². The van der Waals surface area contributed by atoms with Crippen LogP contribution in [-0.4, -0.2) is 37.0 Å². The highest BCUT2D eigenvalue weighted by molar-refractivity contribution is 5.88. The number of aromatic nitrogens is 5. The van der Waals surface area contributed by atoms with Crippen molar-refractivity contribution in [3.63, 3.8) is 0 Å². The van der Waals surface area contributed by atoms with Crippen molar-refractivity contribution < 1.29 is 13.2 Å². The first-order valence-corrected chi connectivity index (χ1v) is 7.70. The van der Waals surface area contributed by atoms with E-state index in [0.717, 1.165) is 0 Å². The zero-order valence-corrected chi connectivity index (χ0v) is 13.9. The van der Waals surface area contributed by atoms with Gasteiger partial charge in [0.05, 0.1) is 11.6 Å². The number of fused-ring (bicyclic) bond motifs is 1. The van der Waals surface area contributed by atoms with Crippen LogP contribution in [0.1, 0.15) is 13.8 Å². The lowest BCUT2D eigenvalue weighted by Crippen LogP contribution is -2.40. The van der Waals surface area contributed by atoms with E-state index < -0.39 is 18.1 Å². The van der Waals surface area contributed by atoms with Gasteiger partial charge in [-0.2, -0.15) is 18.3 Å². The van der Waals surface area contributed by atoms with Crippen LogP contribution in [0, 0.1) is 5.92 Å². The van der Waals surface area contributed by atoms with Gasteiger partial charge in [0.2, 0.25) is 0 Å². The molecule has 0 saturated carbocycles. The monoisotopic (exact) mass is 350 g/mol. The molecular weight excluding hydrogens is 333 g/mol. The van der Waals surface area contributed by atoms with Gasteiger partial charge in [0.1, 0.15) is 11.9 Å². The Bertz CT molecular complexity index is 873. The van der Waals surface area contributed by atoms with Crippen molar-refractivity contribution in [3.8, 4) is 11.4 Å². The third-order valence-electron chi connectivity index (χ3n) is 3.84. The van der Waals surface area contributed by atoms with Gasteiger partial charge in [-0.15, -0.1) is 0 Å². The minimum absolute atomic E-state index is 0.112. The molecule has 0 bridgehead atoms. The average molecular weight is 350 g/mol. The van der Waals surface area contributed by atoms with Crippen LogP contribution in [-0.2, 0) is 7.05 Å². The largest absolute Gasteiger partial charge is 0.408 e. The highest BCUT2D eigenvalue weighted by Crippen LogP contribution is 2.31. The summed E-state index contributed by atoms with van der Waals surface area (Å²) in [5, 5.41) is 7.07. The van der Waals surface area contributed by atoms with Crippen LogP contribution >= 0.6 is 0 Å². The minimum Gasteiger partial charge on any atom is -0.358 e. The fraction of sp³-hybridized carbons (Fsp3) is 0.375. The van der Waals surface area contributed by atoms with Gasteiger partial charge >= 0.3 is 6.18 Å². The van der Waals surface area contributed by atoms with Gasteiger partial charge in [0.15, 0.2) is 11.5 Å². The second-order valence-electron chi connectivity index (χ2n) is 6.04. The third-order valence-corrected chi connectivity index (χ3v) is 3.84. The van der Waals surface area contributed by atoms with E-state index >= 15 is 0 Å². The maximum Gasteiger partial charge on any atom is 0.408 e. The second kappa shape index (κ2) is 6.30. The SMILES string of the molecule is CC(C)[C@@H](Nc1nc(-c2ccncc2)nc2c1cnn2C)C(F)(F)F. The zero-order valence-electron chi connectivity index (χ0n) is 13.9. The average Bonchev–Trinajstić information content (AvgIpc) is 2.93. The van der Waals surface area contributed by atoms with Crippen LogP contribution in [0.3, 0.4) is 0 Å². The molecule has 25 heavy (non-hydrogen) atoms. The second-order valence-corrected chi connectivity index (χ2v) is 6.04. The molecule has 0 aromatic carbocycles. The fourth-order valence-corrected chi connectivity index (χ4v) is 2.54. The maximum atomic E-state index is 13.4. The van der Waals surface area contributed by atoms with Crippen molar-refractivity contribution in [1.82, 2.24) is 24.7 Å². The van der Waals surface area contributed by atoms with E-state index in [4.69, 9.17) is 0 Å². The number of aryl methyl sites for hydroxylation is 1. The molecule has 132 valence electrons. The fourth-order valence-electron chi connectivity index (χ4n) is 2.54. The number of nitrogens with one attached hydrogen (secondary N) is 1. The molecule has 0 saturated heterocycles. The molecule has 3 aromatic heterocycles. The van der Waals surface area contributed by atoms with Gasteiger partial charge < -0.3 is 5.32 Å². The number of nitrogens with zero attached hydrogens (tertiary/aromatic N) is 5. The van der Waals surface area contributed by atoms with Crippen LogP contribution in [0.15, 0.2) is 30.7 Å². The smallest absolute Gasteiger partial charge is 0.358 e. The summed E-state index contributed by atoms with van der Waals surface area (Å²) in [6.07, 6.45) is 0.212. The Kier molecular flexibility index (Phi) is 4.32. The highest BCUT2D eigenvalue weighted by Gasteiger charge is 2.42. The van der Waals surface area contributed by atoms with Crippen molar-refractivity contribution in [1.29, 1.82) is 0 Å². The van der Waals surface area contributed by atoms with E-state index in [1.54, 1.807) is 31.6 Å². The van der Waals surface area contributed by atoms with Crippen LogP contribution in [0.25, 0.3) is 22.4 Å². The molecule has 3 aromatic rings. The van der Waals surface area contributed by atoms with Crippen LogP contribution in [0.2, 0.25) is 0 Å². The molecule has 0 aliphatic carbocycles. The number of anilines is 1. The summed E-state index contributed by atoms with van der Waals surface area (Å²) in [6, 6.07) is 1.67. The van der Waals surface area contributed by atoms with Gasteiger partial charge in [-0.1, -0.05) is 13.8 Å². The number of rotatable bonds is 4.